The maximum Gasteiger partial charge on any atom is 0.240 e. The second-order valence-corrected chi connectivity index (χ2v) is 7.81. The second-order valence-electron chi connectivity index (χ2n) is 6.07. The smallest absolute Gasteiger partial charge is 0.240 e. The second kappa shape index (κ2) is 8.36. The Kier molecular flexibility index (Phi) is 6.45. The summed E-state index contributed by atoms with van der Waals surface area (Å²) in [6.07, 6.45) is 0. The third-order valence-corrected chi connectivity index (χ3v) is 5.49. The fraction of sp³-hybridized carbons (Fsp3) is 0.368. The summed E-state index contributed by atoms with van der Waals surface area (Å²) in [6, 6.07) is 12.7. The molecule has 2 aromatic rings. The summed E-state index contributed by atoms with van der Waals surface area (Å²) < 4.78 is 38.3. The van der Waals surface area contributed by atoms with E-state index in [1.54, 1.807) is 32.2 Å². The molecular formula is C19H25NO4S. The molecule has 0 spiro atoms. The van der Waals surface area contributed by atoms with Crippen molar-refractivity contribution in [1.82, 2.24) is 4.72 Å². The molecule has 0 amide bonds. The maximum absolute atomic E-state index is 12.4. The summed E-state index contributed by atoms with van der Waals surface area (Å²) in [5.74, 6) is 1.76. The van der Waals surface area contributed by atoms with E-state index in [2.05, 4.69) is 18.6 Å². The van der Waals surface area contributed by atoms with E-state index in [1.165, 1.54) is 0 Å². The van der Waals surface area contributed by atoms with Gasteiger partial charge in [-0.2, -0.15) is 0 Å². The van der Waals surface area contributed by atoms with Crippen LogP contribution >= 0.6 is 0 Å². The lowest BCUT2D eigenvalue weighted by molar-refractivity contribution is 0.318. The van der Waals surface area contributed by atoms with Crippen LogP contribution in [0.3, 0.4) is 0 Å². The monoisotopic (exact) mass is 363 g/mol. The van der Waals surface area contributed by atoms with Crippen LogP contribution in [0.5, 0.6) is 11.5 Å². The highest BCUT2D eigenvalue weighted by molar-refractivity contribution is 7.89. The van der Waals surface area contributed by atoms with Gasteiger partial charge in [0, 0.05) is 6.54 Å². The van der Waals surface area contributed by atoms with Crippen LogP contribution in [0, 0.1) is 6.92 Å². The molecule has 0 aromatic heterocycles. The summed E-state index contributed by atoms with van der Waals surface area (Å²) in [6.45, 7) is 6.39. The van der Waals surface area contributed by atoms with E-state index < -0.39 is 10.0 Å². The normalized spacial score (nSPS) is 11.6. The van der Waals surface area contributed by atoms with Gasteiger partial charge in [0.15, 0.2) is 0 Å². The number of ether oxygens (including phenoxy) is 2. The Morgan fingerprint density at radius 3 is 2.48 bits per heavy atom. The molecule has 0 heterocycles. The van der Waals surface area contributed by atoms with Crippen molar-refractivity contribution in [3.63, 3.8) is 0 Å². The maximum atomic E-state index is 12.4. The van der Waals surface area contributed by atoms with Crippen LogP contribution in [-0.2, 0) is 10.0 Å². The summed E-state index contributed by atoms with van der Waals surface area (Å²) in [4.78, 5) is 0.246. The Hall–Kier alpha value is -2.05. The van der Waals surface area contributed by atoms with Gasteiger partial charge in [0.1, 0.15) is 18.1 Å². The summed E-state index contributed by atoms with van der Waals surface area (Å²) in [7, 11) is -2.03. The van der Waals surface area contributed by atoms with Crippen LogP contribution in [-0.4, -0.2) is 28.7 Å². The number of methoxy groups -OCH3 is 1. The molecule has 0 saturated carbocycles. The Balaban J connectivity index is 1.97. The van der Waals surface area contributed by atoms with E-state index in [1.807, 2.05) is 24.3 Å². The van der Waals surface area contributed by atoms with E-state index >= 15 is 0 Å². The number of rotatable bonds is 8. The number of benzene rings is 2. The lowest BCUT2D eigenvalue weighted by atomic mass is 10.0. The molecule has 0 aliphatic rings. The van der Waals surface area contributed by atoms with Crippen molar-refractivity contribution >= 4 is 10.0 Å². The van der Waals surface area contributed by atoms with E-state index in [9.17, 15) is 8.42 Å². The molecule has 1 N–H and O–H groups in total. The van der Waals surface area contributed by atoms with Gasteiger partial charge in [-0.1, -0.05) is 32.0 Å². The molecule has 25 heavy (non-hydrogen) atoms. The molecular weight excluding hydrogens is 338 g/mol. The third-order valence-electron chi connectivity index (χ3n) is 3.86. The molecule has 0 atom stereocenters. The van der Waals surface area contributed by atoms with Crippen LogP contribution in [0.1, 0.15) is 30.9 Å². The predicted octanol–water partition coefficient (Wildman–Crippen LogP) is 3.48. The first kappa shape index (κ1) is 19.3. The minimum absolute atomic E-state index is 0.195. The van der Waals surface area contributed by atoms with Crippen molar-refractivity contribution in [1.29, 1.82) is 0 Å². The average molecular weight is 363 g/mol. The van der Waals surface area contributed by atoms with E-state index in [0.717, 1.165) is 11.3 Å². The Morgan fingerprint density at radius 2 is 1.84 bits per heavy atom. The van der Waals surface area contributed by atoms with Gasteiger partial charge >= 0.3 is 0 Å². The summed E-state index contributed by atoms with van der Waals surface area (Å²) >= 11 is 0. The van der Waals surface area contributed by atoms with E-state index in [-0.39, 0.29) is 18.0 Å². The fourth-order valence-electron chi connectivity index (χ4n) is 2.55. The Bertz CT molecular complexity index is 816. The number of hydrogen-bond acceptors (Lipinski definition) is 4. The summed E-state index contributed by atoms with van der Waals surface area (Å²) in [5.41, 5.74) is 1.74. The number of nitrogens with one attached hydrogen (secondary N) is 1. The van der Waals surface area contributed by atoms with E-state index in [0.29, 0.717) is 17.2 Å². The van der Waals surface area contributed by atoms with Gasteiger partial charge in [-0.15, -0.1) is 0 Å². The molecule has 2 aromatic carbocycles. The molecule has 0 fully saturated rings. The van der Waals surface area contributed by atoms with Crippen LogP contribution < -0.4 is 14.2 Å². The predicted molar refractivity (Wildman–Crippen MR) is 98.9 cm³/mol. The minimum Gasteiger partial charge on any atom is -0.497 e. The van der Waals surface area contributed by atoms with Crippen molar-refractivity contribution in [2.45, 2.75) is 31.6 Å². The Morgan fingerprint density at radius 1 is 1.12 bits per heavy atom. The largest absolute Gasteiger partial charge is 0.497 e. The van der Waals surface area contributed by atoms with Gasteiger partial charge in [0.05, 0.1) is 12.0 Å². The molecule has 0 unspecified atom stereocenters. The third kappa shape index (κ3) is 4.96. The van der Waals surface area contributed by atoms with Crippen molar-refractivity contribution < 1.29 is 17.9 Å². The zero-order chi connectivity index (χ0) is 18.4. The van der Waals surface area contributed by atoms with Crippen molar-refractivity contribution in [3.05, 3.63) is 53.6 Å². The standard InChI is InChI=1S/C19H25NO4S/c1-14(2)17-7-5-6-8-18(17)24-12-11-20-25(21,22)19-10-9-16(23-4)13-15(19)3/h5-10,13-14,20H,11-12H2,1-4H3. The molecule has 0 bridgehead atoms. The van der Waals surface area contributed by atoms with Crippen LogP contribution in [0.4, 0.5) is 0 Å². The van der Waals surface area contributed by atoms with Gasteiger partial charge in [-0.25, -0.2) is 13.1 Å². The van der Waals surface area contributed by atoms with Gasteiger partial charge in [-0.05, 0) is 48.2 Å². The van der Waals surface area contributed by atoms with Crippen molar-refractivity contribution in [2.24, 2.45) is 0 Å². The lowest BCUT2D eigenvalue weighted by Gasteiger charge is -2.14. The van der Waals surface area contributed by atoms with Gasteiger partial charge in [-0.3, -0.25) is 0 Å². The quantitative estimate of drug-likeness (QED) is 0.729. The molecule has 5 nitrogen and oxygen atoms in total. The van der Waals surface area contributed by atoms with Crippen molar-refractivity contribution in [2.75, 3.05) is 20.3 Å². The highest BCUT2D eigenvalue weighted by Gasteiger charge is 2.17. The molecule has 6 heteroatoms. The van der Waals surface area contributed by atoms with Crippen LogP contribution in [0.15, 0.2) is 47.4 Å². The molecule has 0 aliphatic heterocycles. The zero-order valence-electron chi connectivity index (χ0n) is 15.1. The number of para-hydroxylation sites is 1. The molecule has 0 aliphatic carbocycles. The molecule has 0 radical (unpaired) electrons. The first-order valence-corrected chi connectivity index (χ1v) is 9.69. The number of hydrogen-bond donors (Lipinski definition) is 1. The van der Waals surface area contributed by atoms with Crippen LogP contribution in [0.25, 0.3) is 0 Å². The fourth-order valence-corrected chi connectivity index (χ4v) is 3.79. The molecule has 2 rings (SSSR count). The van der Waals surface area contributed by atoms with Gasteiger partial charge in [0.2, 0.25) is 10.0 Å². The zero-order valence-corrected chi connectivity index (χ0v) is 15.9. The Labute approximate surface area is 150 Å². The topological polar surface area (TPSA) is 64.6 Å². The first-order valence-electron chi connectivity index (χ1n) is 8.21. The van der Waals surface area contributed by atoms with Gasteiger partial charge < -0.3 is 9.47 Å². The lowest BCUT2D eigenvalue weighted by Crippen LogP contribution is -2.29. The highest BCUT2D eigenvalue weighted by Crippen LogP contribution is 2.25. The number of sulfonamides is 1. The van der Waals surface area contributed by atoms with Crippen LogP contribution in [0.2, 0.25) is 0 Å². The first-order chi connectivity index (χ1) is 11.8. The van der Waals surface area contributed by atoms with E-state index in [4.69, 9.17) is 9.47 Å². The molecule has 136 valence electrons. The summed E-state index contributed by atoms with van der Waals surface area (Å²) in [5, 5.41) is 0. The average Bonchev–Trinajstić information content (AvgIpc) is 2.58. The SMILES string of the molecule is COc1ccc(S(=O)(=O)NCCOc2ccccc2C(C)C)c(C)c1. The highest BCUT2D eigenvalue weighted by atomic mass is 32.2. The number of aryl methyl sites for hydroxylation is 1. The minimum atomic E-state index is -3.58. The van der Waals surface area contributed by atoms with Crippen molar-refractivity contribution in [3.8, 4) is 11.5 Å². The molecule has 0 saturated heterocycles. The van der Waals surface area contributed by atoms with Gasteiger partial charge in [0.25, 0.3) is 0 Å².